The molecule has 8 nitrogen and oxygen atoms in total. The summed E-state index contributed by atoms with van der Waals surface area (Å²) >= 11 is 0. The second kappa shape index (κ2) is 10.3. The van der Waals surface area contributed by atoms with Crippen molar-refractivity contribution in [3.05, 3.63) is 35.9 Å². The van der Waals surface area contributed by atoms with Crippen molar-refractivity contribution >= 4 is 18.0 Å². The number of nitrogens with zero attached hydrogens (tertiary/aromatic N) is 2. The molecule has 1 fully saturated rings. The Balaban J connectivity index is 2.06. The monoisotopic (exact) mass is 418 g/mol. The number of carbonyl (C=O) groups is 2. The molecule has 166 valence electrons. The van der Waals surface area contributed by atoms with E-state index in [9.17, 15) is 9.59 Å². The lowest BCUT2D eigenvalue weighted by Crippen LogP contribution is -2.45. The van der Waals surface area contributed by atoms with Crippen LogP contribution in [0.5, 0.6) is 0 Å². The Morgan fingerprint density at radius 2 is 1.90 bits per heavy atom. The van der Waals surface area contributed by atoms with E-state index < -0.39 is 11.7 Å². The lowest BCUT2D eigenvalue weighted by Gasteiger charge is -2.26. The number of benzene rings is 1. The molecule has 1 amide bonds. The molecule has 30 heavy (non-hydrogen) atoms. The number of hydrogen-bond acceptors (Lipinski definition) is 5. The summed E-state index contributed by atoms with van der Waals surface area (Å²) in [6, 6.07) is 9.39. The summed E-state index contributed by atoms with van der Waals surface area (Å²) in [5, 5.41) is 6.26. The molecule has 0 saturated carbocycles. The maximum atomic E-state index is 12.4. The van der Waals surface area contributed by atoms with Gasteiger partial charge in [0, 0.05) is 26.7 Å². The number of rotatable bonds is 5. The van der Waals surface area contributed by atoms with E-state index in [1.165, 1.54) is 7.11 Å². The van der Waals surface area contributed by atoms with Crippen LogP contribution < -0.4 is 10.6 Å². The van der Waals surface area contributed by atoms with Gasteiger partial charge >= 0.3 is 12.1 Å². The van der Waals surface area contributed by atoms with E-state index in [0.717, 1.165) is 5.56 Å². The van der Waals surface area contributed by atoms with Gasteiger partial charge in [0.1, 0.15) is 5.60 Å². The van der Waals surface area contributed by atoms with E-state index in [-0.39, 0.29) is 23.8 Å². The molecule has 1 saturated heterocycles. The minimum absolute atomic E-state index is 0.167. The van der Waals surface area contributed by atoms with Crippen LogP contribution in [0.4, 0.5) is 4.79 Å². The molecular weight excluding hydrogens is 384 g/mol. The summed E-state index contributed by atoms with van der Waals surface area (Å²) in [5.74, 6) is 0.466. The van der Waals surface area contributed by atoms with Gasteiger partial charge in [0.05, 0.1) is 19.1 Å². The number of aliphatic imine (C=N–C) groups is 1. The Labute approximate surface area is 179 Å². The van der Waals surface area contributed by atoms with Crippen LogP contribution in [0.25, 0.3) is 0 Å². The van der Waals surface area contributed by atoms with Gasteiger partial charge in [-0.05, 0) is 32.3 Å². The van der Waals surface area contributed by atoms with Crippen molar-refractivity contribution in [2.24, 2.45) is 16.8 Å². The fourth-order valence-corrected chi connectivity index (χ4v) is 3.51. The Morgan fingerprint density at radius 1 is 1.23 bits per heavy atom. The summed E-state index contributed by atoms with van der Waals surface area (Å²) < 4.78 is 10.3. The molecule has 3 unspecified atom stereocenters. The van der Waals surface area contributed by atoms with Gasteiger partial charge in [-0.1, -0.05) is 37.3 Å². The Morgan fingerprint density at radius 3 is 2.47 bits per heavy atom. The molecule has 0 aromatic heterocycles. The van der Waals surface area contributed by atoms with E-state index in [0.29, 0.717) is 25.6 Å². The van der Waals surface area contributed by atoms with E-state index in [1.807, 2.05) is 62.9 Å². The standard InChI is InChI=1S/C22H34N4O4/c1-15-13-26(14-17(15)19(27)29-6)20(23-5)24-12-18(16-10-8-7-9-11-16)25-21(28)30-22(2,3)4/h7-11,15,17-18H,12-14H2,1-6H3,(H,23,24)(H,25,28). The number of esters is 1. The number of alkyl carbamates (subject to hydrolysis) is 1. The van der Waals surface area contributed by atoms with Crippen molar-refractivity contribution in [3.63, 3.8) is 0 Å². The second-order valence-corrected chi connectivity index (χ2v) is 8.55. The zero-order valence-corrected chi connectivity index (χ0v) is 18.8. The zero-order valence-electron chi connectivity index (χ0n) is 18.8. The van der Waals surface area contributed by atoms with E-state index in [4.69, 9.17) is 9.47 Å². The Kier molecular flexibility index (Phi) is 8.08. The van der Waals surface area contributed by atoms with Gasteiger partial charge in [0.2, 0.25) is 0 Å². The number of guanidine groups is 1. The summed E-state index contributed by atoms with van der Waals surface area (Å²) in [4.78, 5) is 30.8. The van der Waals surface area contributed by atoms with Crippen LogP contribution in [0, 0.1) is 11.8 Å². The van der Waals surface area contributed by atoms with Crippen LogP contribution in [0.3, 0.4) is 0 Å². The van der Waals surface area contributed by atoms with Gasteiger partial charge < -0.3 is 25.0 Å². The fourth-order valence-electron chi connectivity index (χ4n) is 3.51. The lowest BCUT2D eigenvalue weighted by atomic mass is 9.99. The normalized spacial score (nSPS) is 20.5. The van der Waals surface area contributed by atoms with Crippen molar-refractivity contribution in [2.75, 3.05) is 33.8 Å². The molecule has 1 aliphatic heterocycles. The van der Waals surface area contributed by atoms with Gasteiger partial charge in [-0.25, -0.2) is 4.79 Å². The third kappa shape index (κ3) is 6.64. The van der Waals surface area contributed by atoms with Crippen LogP contribution in [0.15, 0.2) is 35.3 Å². The largest absolute Gasteiger partial charge is 0.469 e. The molecule has 0 bridgehead atoms. The molecule has 0 aliphatic carbocycles. The van der Waals surface area contributed by atoms with E-state index >= 15 is 0 Å². The van der Waals surface area contributed by atoms with Crippen LogP contribution in [0.2, 0.25) is 0 Å². The first kappa shape index (κ1) is 23.5. The number of carbonyl (C=O) groups excluding carboxylic acids is 2. The summed E-state index contributed by atoms with van der Waals surface area (Å²) in [7, 11) is 3.12. The summed E-state index contributed by atoms with van der Waals surface area (Å²) in [5.41, 5.74) is 0.372. The van der Waals surface area contributed by atoms with Gasteiger partial charge in [-0.15, -0.1) is 0 Å². The first-order valence-corrected chi connectivity index (χ1v) is 10.2. The predicted molar refractivity (Wildman–Crippen MR) is 116 cm³/mol. The minimum atomic E-state index is -0.580. The predicted octanol–water partition coefficient (Wildman–Crippen LogP) is 2.57. The van der Waals surface area contributed by atoms with E-state index in [1.54, 1.807) is 7.05 Å². The molecule has 0 spiro atoms. The highest BCUT2D eigenvalue weighted by Gasteiger charge is 2.37. The quantitative estimate of drug-likeness (QED) is 0.434. The van der Waals surface area contributed by atoms with E-state index in [2.05, 4.69) is 15.6 Å². The maximum absolute atomic E-state index is 12.4. The molecule has 3 atom stereocenters. The number of ether oxygens (including phenoxy) is 2. The van der Waals surface area contributed by atoms with Crippen molar-refractivity contribution in [1.29, 1.82) is 0 Å². The topological polar surface area (TPSA) is 92.3 Å². The van der Waals surface area contributed by atoms with Crippen molar-refractivity contribution in [2.45, 2.75) is 39.3 Å². The van der Waals surface area contributed by atoms with Gasteiger partial charge in [0.25, 0.3) is 0 Å². The number of hydrogen-bond donors (Lipinski definition) is 2. The molecule has 1 aliphatic rings. The molecule has 1 aromatic rings. The molecule has 1 aromatic carbocycles. The molecular formula is C22H34N4O4. The molecule has 8 heteroatoms. The SMILES string of the molecule is CN=C(NCC(NC(=O)OC(C)(C)C)c1ccccc1)N1CC(C)C(C(=O)OC)C1. The average Bonchev–Trinajstić information content (AvgIpc) is 3.07. The number of amides is 1. The Hall–Kier alpha value is -2.77. The Bertz CT molecular complexity index is 745. The molecule has 2 N–H and O–H groups in total. The second-order valence-electron chi connectivity index (χ2n) is 8.55. The van der Waals surface area contributed by atoms with Gasteiger partial charge in [-0.3, -0.25) is 9.79 Å². The number of nitrogens with one attached hydrogen (secondary N) is 2. The number of methoxy groups -OCH3 is 1. The van der Waals surface area contributed by atoms with Crippen LogP contribution in [0.1, 0.15) is 39.3 Å². The zero-order chi connectivity index (χ0) is 22.3. The highest BCUT2D eigenvalue weighted by molar-refractivity contribution is 5.82. The van der Waals surface area contributed by atoms with Gasteiger partial charge in [-0.2, -0.15) is 0 Å². The molecule has 1 heterocycles. The van der Waals surface area contributed by atoms with Crippen molar-refractivity contribution in [3.8, 4) is 0 Å². The average molecular weight is 419 g/mol. The van der Waals surface area contributed by atoms with Gasteiger partial charge in [0.15, 0.2) is 5.96 Å². The lowest BCUT2D eigenvalue weighted by molar-refractivity contribution is -0.146. The number of likely N-dealkylation sites (tertiary alicyclic amines) is 1. The fraction of sp³-hybridized carbons (Fsp3) is 0.591. The summed E-state index contributed by atoms with van der Waals surface area (Å²) in [6.45, 7) is 9.19. The molecule has 2 rings (SSSR count). The highest BCUT2D eigenvalue weighted by Crippen LogP contribution is 2.24. The van der Waals surface area contributed by atoms with Crippen molar-refractivity contribution < 1.29 is 19.1 Å². The third-order valence-electron chi connectivity index (χ3n) is 4.98. The minimum Gasteiger partial charge on any atom is -0.469 e. The summed E-state index contributed by atoms with van der Waals surface area (Å²) in [6.07, 6.45) is -0.478. The smallest absolute Gasteiger partial charge is 0.408 e. The van der Waals surface area contributed by atoms with Crippen molar-refractivity contribution in [1.82, 2.24) is 15.5 Å². The first-order chi connectivity index (χ1) is 14.1. The third-order valence-corrected chi connectivity index (χ3v) is 4.98. The first-order valence-electron chi connectivity index (χ1n) is 10.2. The van der Waals surface area contributed by atoms with Crippen LogP contribution in [-0.4, -0.2) is 62.3 Å². The maximum Gasteiger partial charge on any atom is 0.408 e. The van der Waals surface area contributed by atoms with Crippen LogP contribution in [-0.2, 0) is 14.3 Å². The van der Waals surface area contributed by atoms with Crippen LogP contribution >= 0.6 is 0 Å². The highest BCUT2D eigenvalue weighted by atomic mass is 16.6. The molecule has 0 radical (unpaired) electrons.